The number of rotatable bonds is 8. The van der Waals surface area contributed by atoms with E-state index in [1.165, 1.54) is 11.8 Å². The van der Waals surface area contributed by atoms with Gasteiger partial charge in [-0.1, -0.05) is 48.2 Å². The topological polar surface area (TPSA) is 73.0 Å². The molecule has 0 fully saturated rings. The molecule has 1 aromatic carbocycles. The molecule has 0 saturated carbocycles. The molecule has 0 bridgehead atoms. The zero-order valence-electron chi connectivity index (χ0n) is 15.8. The van der Waals surface area contributed by atoms with Crippen LogP contribution >= 0.6 is 23.1 Å². The van der Waals surface area contributed by atoms with Crippen molar-refractivity contribution < 1.29 is 9.21 Å². The zero-order chi connectivity index (χ0) is 20.1. The second-order valence-electron chi connectivity index (χ2n) is 6.41. The number of hydrogen-bond acceptors (Lipinski definition) is 6. The molecule has 29 heavy (non-hydrogen) atoms. The molecular weight excluding hydrogens is 404 g/mol. The van der Waals surface area contributed by atoms with Gasteiger partial charge in [0.1, 0.15) is 0 Å². The maximum atomic E-state index is 12.5. The van der Waals surface area contributed by atoms with Crippen LogP contribution in [-0.2, 0) is 17.9 Å². The molecule has 3 heterocycles. The van der Waals surface area contributed by atoms with Gasteiger partial charge in [-0.05, 0) is 36.1 Å². The van der Waals surface area contributed by atoms with Gasteiger partial charge < -0.3 is 9.73 Å². The number of nitrogens with zero attached hydrogens (tertiary/aromatic N) is 3. The third-order valence-electron chi connectivity index (χ3n) is 4.31. The number of thioether (sulfide) groups is 1. The summed E-state index contributed by atoms with van der Waals surface area (Å²) < 4.78 is 7.52. The van der Waals surface area contributed by atoms with Crippen molar-refractivity contribution in [2.24, 2.45) is 0 Å². The molecule has 0 aliphatic rings. The summed E-state index contributed by atoms with van der Waals surface area (Å²) in [6.07, 6.45) is 1.62. The summed E-state index contributed by atoms with van der Waals surface area (Å²) in [5, 5.41) is 14.0. The van der Waals surface area contributed by atoms with Gasteiger partial charge in [0.25, 0.3) is 0 Å². The van der Waals surface area contributed by atoms with E-state index < -0.39 is 0 Å². The van der Waals surface area contributed by atoms with Crippen molar-refractivity contribution in [3.63, 3.8) is 0 Å². The van der Waals surface area contributed by atoms with Crippen LogP contribution in [0.1, 0.15) is 17.4 Å². The second-order valence-corrected chi connectivity index (χ2v) is 8.75. The molecule has 148 valence electrons. The van der Waals surface area contributed by atoms with Crippen molar-refractivity contribution in [1.29, 1.82) is 0 Å². The lowest BCUT2D eigenvalue weighted by Gasteiger charge is -2.13. The Morgan fingerprint density at radius 3 is 2.76 bits per heavy atom. The summed E-state index contributed by atoms with van der Waals surface area (Å²) in [4.78, 5) is 13.7. The van der Waals surface area contributed by atoms with E-state index in [9.17, 15) is 4.79 Å². The third kappa shape index (κ3) is 4.78. The molecule has 4 aromatic rings. The molecule has 3 aromatic heterocycles. The molecule has 0 saturated heterocycles. The Labute approximate surface area is 177 Å². The van der Waals surface area contributed by atoms with Crippen LogP contribution in [0, 0.1) is 0 Å². The highest BCUT2D eigenvalue weighted by molar-refractivity contribution is 8.00. The Balaban J connectivity index is 1.52. The minimum absolute atomic E-state index is 0.0304. The Hall–Kier alpha value is -2.84. The number of furan rings is 1. The van der Waals surface area contributed by atoms with E-state index in [4.69, 9.17) is 4.42 Å². The third-order valence-corrected chi connectivity index (χ3v) is 6.27. The Morgan fingerprint density at radius 2 is 2.03 bits per heavy atom. The smallest absolute Gasteiger partial charge is 0.233 e. The van der Waals surface area contributed by atoms with Gasteiger partial charge in [0, 0.05) is 4.88 Å². The van der Waals surface area contributed by atoms with Crippen molar-refractivity contribution in [3.05, 3.63) is 76.7 Å². The fourth-order valence-corrected chi connectivity index (χ4v) is 4.33. The lowest BCUT2D eigenvalue weighted by atomic mass is 10.2. The first-order valence-electron chi connectivity index (χ1n) is 9.18. The minimum atomic E-state index is -0.307. The van der Waals surface area contributed by atoms with Crippen molar-refractivity contribution in [3.8, 4) is 11.6 Å². The van der Waals surface area contributed by atoms with Crippen molar-refractivity contribution in [1.82, 2.24) is 20.1 Å². The minimum Gasteiger partial charge on any atom is -0.461 e. The van der Waals surface area contributed by atoms with E-state index in [-0.39, 0.29) is 11.2 Å². The quantitative estimate of drug-likeness (QED) is 0.423. The van der Waals surface area contributed by atoms with E-state index in [2.05, 4.69) is 27.6 Å². The van der Waals surface area contributed by atoms with E-state index in [0.717, 1.165) is 10.4 Å². The van der Waals surface area contributed by atoms with Gasteiger partial charge in [0.05, 0.1) is 24.6 Å². The zero-order valence-corrected chi connectivity index (χ0v) is 17.5. The van der Waals surface area contributed by atoms with E-state index in [1.54, 1.807) is 17.6 Å². The number of benzene rings is 1. The van der Waals surface area contributed by atoms with Gasteiger partial charge in [-0.15, -0.1) is 21.5 Å². The normalized spacial score (nSPS) is 12.0. The summed E-state index contributed by atoms with van der Waals surface area (Å²) in [7, 11) is 0. The number of amides is 1. The molecule has 4 rings (SSSR count). The fraction of sp³-hybridized carbons (Fsp3) is 0.190. The summed E-state index contributed by atoms with van der Waals surface area (Å²) in [5.41, 5.74) is 1.12. The van der Waals surface area contributed by atoms with Gasteiger partial charge in [-0.25, -0.2) is 0 Å². The second kappa shape index (κ2) is 9.11. The molecule has 1 amide bonds. The number of aromatic nitrogens is 3. The highest BCUT2D eigenvalue weighted by Gasteiger charge is 2.22. The Morgan fingerprint density at radius 1 is 1.17 bits per heavy atom. The van der Waals surface area contributed by atoms with E-state index >= 15 is 0 Å². The summed E-state index contributed by atoms with van der Waals surface area (Å²) in [6.45, 7) is 3.01. The predicted molar refractivity (Wildman–Crippen MR) is 115 cm³/mol. The predicted octanol–water partition coefficient (Wildman–Crippen LogP) is 4.44. The molecule has 0 aliphatic carbocycles. The Kier molecular flexibility index (Phi) is 6.12. The fourth-order valence-electron chi connectivity index (χ4n) is 2.82. The molecule has 0 aliphatic heterocycles. The Bertz CT molecular complexity index is 1040. The molecule has 0 radical (unpaired) electrons. The number of thiophene rings is 1. The number of carbonyl (C=O) groups is 1. The maximum absolute atomic E-state index is 12.5. The van der Waals surface area contributed by atoms with Gasteiger partial charge in [0.2, 0.25) is 11.7 Å². The van der Waals surface area contributed by atoms with Crippen LogP contribution in [0.2, 0.25) is 0 Å². The van der Waals surface area contributed by atoms with Crippen LogP contribution in [0.25, 0.3) is 11.6 Å². The van der Waals surface area contributed by atoms with Crippen LogP contribution in [0.4, 0.5) is 0 Å². The van der Waals surface area contributed by atoms with Crippen molar-refractivity contribution in [2.75, 3.05) is 0 Å². The van der Waals surface area contributed by atoms with Crippen LogP contribution in [0.15, 0.2) is 75.8 Å². The molecular formula is C21H20N4O2S2. The largest absolute Gasteiger partial charge is 0.461 e. The van der Waals surface area contributed by atoms with Crippen LogP contribution in [0.3, 0.4) is 0 Å². The average Bonchev–Trinajstić information content (AvgIpc) is 3.50. The monoisotopic (exact) mass is 424 g/mol. The number of carbonyl (C=O) groups excluding carboxylic acids is 1. The molecule has 8 heteroatoms. The SMILES string of the molecule is C[C@@H](Sc1nnc(-c2ccco2)n1Cc1ccccc1)C(=O)NCc1cccs1. The highest BCUT2D eigenvalue weighted by Crippen LogP contribution is 2.28. The molecule has 6 nitrogen and oxygen atoms in total. The highest BCUT2D eigenvalue weighted by atomic mass is 32.2. The molecule has 1 N–H and O–H groups in total. The van der Waals surface area contributed by atoms with Crippen molar-refractivity contribution >= 4 is 29.0 Å². The van der Waals surface area contributed by atoms with Crippen molar-refractivity contribution in [2.45, 2.75) is 30.4 Å². The average molecular weight is 425 g/mol. The first kappa shape index (κ1) is 19.5. The number of hydrogen-bond donors (Lipinski definition) is 1. The van der Waals surface area contributed by atoms with Gasteiger partial charge in [-0.2, -0.15) is 0 Å². The maximum Gasteiger partial charge on any atom is 0.233 e. The van der Waals surface area contributed by atoms with E-state index in [1.807, 2.05) is 59.3 Å². The summed E-state index contributed by atoms with van der Waals surface area (Å²) in [6, 6.07) is 17.8. The van der Waals surface area contributed by atoms with Crippen LogP contribution in [0.5, 0.6) is 0 Å². The molecule has 0 spiro atoms. The lowest BCUT2D eigenvalue weighted by molar-refractivity contribution is -0.120. The number of nitrogens with one attached hydrogen (secondary N) is 1. The molecule has 0 unspecified atom stereocenters. The first-order valence-corrected chi connectivity index (χ1v) is 10.9. The summed E-state index contributed by atoms with van der Waals surface area (Å²) >= 11 is 3.02. The summed E-state index contributed by atoms with van der Waals surface area (Å²) in [5.74, 6) is 1.26. The van der Waals surface area contributed by atoms with Crippen LogP contribution in [-0.4, -0.2) is 25.9 Å². The standard InChI is InChI=1S/C21H20N4O2S2/c1-15(20(26)22-13-17-9-6-12-28-17)29-21-24-23-19(18-10-5-11-27-18)25(21)14-16-7-3-2-4-8-16/h2-12,15H,13-14H2,1H3,(H,22,26)/t15-/m1/s1. The lowest BCUT2D eigenvalue weighted by Crippen LogP contribution is -2.30. The van der Waals surface area contributed by atoms with Gasteiger partial charge in [0.15, 0.2) is 10.9 Å². The van der Waals surface area contributed by atoms with Gasteiger partial charge >= 0.3 is 0 Å². The van der Waals surface area contributed by atoms with Crippen LogP contribution < -0.4 is 5.32 Å². The van der Waals surface area contributed by atoms with E-state index in [0.29, 0.717) is 29.8 Å². The van der Waals surface area contributed by atoms with Gasteiger partial charge in [-0.3, -0.25) is 9.36 Å². The molecule has 1 atom stereocenters. The first-order chi connectivity index (χ1) is 14.2.